The van der Waals surface area contributed by atoms with Crippen molar-refractivity contribution in [3.05, 3.63) is 83.4 Å². The van der Waals surface area contributed by atoms with E-state index in [1.54, 1.807) is 39.0 Å². The Balaban J connectivity index is 1.62. The molecule has 0 aliphatic heterocycles. The molecule has 0 saturated heterocycles. The van der Waals surface area contributed by atoms with Crippen LogP contribution in [-0.2, 0) is 20.4 Å². The average molecular weight is 693 g/mol. The van der Waals surface area contributed by atoms with E-state index in [0.29, 0.717) is 18.8 Å². The largest absolute Gasteiger partial charge is 0.493 e. The van der Waals surface area contributed by atoms with Crippen LogP contribution >= 0.6 is 11.6 Å². The maximum Gasteiger partial charge on any atom is 0.335 e. The molecule has 1 atom stereocenters. The number of ether oxygens (including phenoxy) is 2. The molecule has 0 saturated carbocycles. The Kier molecular flexibility index (Phi) is 13.0. The summed E-state index contributed by atoms with van der Waals surface area (Å²) in [6, 6.07) is 19.1. The first-order chi connectivity index (χ1) is 22.8. The van der Waals surface area contributed by atoms with Crippen molar-refractivity contribution >= 4 is 40.6 Å². The highest BCUT2D eigenvalue weighted by Crippen LogP contribution is 2.39. The maximum absolute atomic E-state index is 13.5. The number of carbonyl (C=O) groups excluding carboxylic acids is 2. The molecule has 1 amide bonds. The molecule has 266 valence electrons. The lowest BCUT2D eigenvalue weighted by Gasteiger charge is -2.31. The van der Waals surface area contributed by atoms with Crippen molar-refractivity contribution < 1.29 is 29.0 Å². The molecule has 0 heterocycles. The quantitative estimate of drug-likeness (QED) is 0.0733. The summed E-state index contributed by atoms with van der Waals surface area (Å²) >= 11 is 6.68. The van der Waals surface area contributed by atoms with Gasteiger partial charge in [0.25, 0.3) is 5.91 Å². The van der Waals surface area contributed by atoms with Gasteiger partial charge in [0, 0.05) is 28.9 Å². The highest BCUT2D eigenvalue weighted by Gasteiger charge is 2.51. The van der Waals surface area contributed by atoms with Crippen molar-refractivity contribution in [3.63, 3.8) is 0 Å². The van der Waals surface area contributed by atoms with Crippen molar-refractivity contribution in [2.75, 3.05) is 23.8 Å². The number of rotatable bonds is 17. The molecule has 0 fully saturated rings. The molecule has 0 bridgehead atoms. The summed E-state index contributed by atoms with van der Waals surface area (Å²) in [5.74, 6) is -1.60. The molecule has 3 aromatic rings. The van der Waals surface area contributed by atoms with Gasteiger partial charge in [-0.25, -0.2) is 4.79 Å². The minimum absolute atomic E-state index is 0.00000497. The molecule has 49 heavy (non-hydrogen) atoms. The van der Waals surface area contributed by atoms with Gasteiger partial charge in [-0.15, -0.1) is 0 Å². The first-order valence-corrected chi connectivity index (χ1v) is 17.4. The Morgan fingerprint density at radius 1 is 0.796 bits per heavy atom. The van der Waals surface area contributed by atoms with E-state index in [0.717, 1.165) is 37.1 Å². The van der Waals surface area contributed by atoms with Crippen LogP contribution in [0.25, 0.3) is 0 Å². The predicted molar refractivity (Wildman–Crippen MR) is 198 cm³/mol. The molecule has 3 aromatic carbocycles. The van der Waals surface area contributed by atoms with Crippen LogP contribution in [0.2, 0.25) is 0 Å². The third-order valence-corrected chi connectivity index (χ3v) is 9.58. The van der Waals surface area contributed by atoms with Gasteiger partial charge in [-0.3, -0.25) is 9.59 Å². The van der Waals surface area contributed by atoms with E-state index in [1.165, 1.54) is 35.4 Å². The van der Waals surface area contributed by atoms with Crippen LogP contribution in [0, 0.1) is 5.41 Å². The number of ketones is 1. The summed E-state index contributed by atoms with van der Waals surface area (Å²) < 4.78 is 12.1. The van der Waals surface area contributed by atoms with Crippen LogP contribution in [-0.4, -0.2) is 41.0 Å². The highest BCUT2D eigenvalue weighted by molar-refractivity contribution is 6.47. The van der Waals surface area contributed by atoms with Gasteiger partial charge in [0.15, 0.2) is 0 Å². The SMILES string of the molecule is CCC(C)(C)c1ccc(OCCCCNc2cccc(NC(=O)C(Cl)(Oc3ccc(C(=O)O)cc3)C(=O)C(C)(C)C)c2)c(C(C)(C)CC)c1. The second-order valence-corrected chi connectivity index (χ2v) is 15.3. The summed E-state index contributed by atoms with van der Waals surface area (Å²) in [6.07, 6.45) is 3.79. The Bertz CT molecular complexity index is 1610. The monoisotopic (exact) mass is 692 g/mol. The Morgan fingerprint density at radius 2 is 1.43 bits per heavy atom. The Labute approximate surface area is 296 Å². The zero-order valence-electron chi connectivity index (χ0n) is 30.5. The molecular weight excluding hydrogens is 640 g/mol. The number of carboxylic acids is 1. The van der Waals surface area contributed by atoms with Gasteiger partial charge in [0.2, 0.25) is 5.78 Å². The summed E-state index contributed by atoms with van der Waals surface area (Å²) in [4.78, 5) is 38.2. The molecule has 3 N–H and O–H groups in total. The van der Waals surface area contributed by atoms with Gasteiger partial charge in [-0.2, -0.15) is 0 Å². The van der Waals surface area contributed by atoms with E-state index < -0.39 is 28.1 Å². The summed E-state index contributed by atoms with van der Waals surface area (Å²) in [5.41, 5.74) is 2.91. The van der Waals surface area contributed by atoms with E-state index in [9.17, 15) is 19.5 Å². The zero-order chi connectivity index (χ0) is 36.6. The molecule has 9 heteroatoms. The number of carboxylic acid groups (broad SMARTS) is 1. The molecule has 0 radical (unpaired) electrons. The Morgan fingerprint density at radius 3 is 2.02 bits per heavy atom. The number of alkyl halides is 1. The van der Waals surface area contributed by atoms with E-state index >= 15 is 0 Å². The number of benzene rings is 3. The third-order valence-electron chi connectivity index (χ3n) is 9.16. The standard InChI is InChI=1S/C40H53ClN2O6/c1-10-38(6,7)28-19-22-33(32(25-28)39(8,9)11-2)48-24-13-12-23-42-29-15-14-16-30(26-29)43-36(47)40(41,35(46)37(3,4)5)49-31-20-17-27(18-21-31)34(44)45/h14-22,25-26,42H,10-13,23-24H2,1-9H3,(H,43,47)(H,44,45). The topological polar surface area (TPSA) is 114 Å². The number of Topliss-reactive ketones (excluding diaryl/α,β-unsaturated/α-hetero) is 1. The van der Waals surface area contributed by atoms with Crippen molar-refractivity contribution in [2.45, 2.75) is 104 Å². The number of hydrogen-bond donors (Lipinski definition) is 3. The normalized spacial score (nSPS) is 13.3. The summed E-state index contributed by atoms with van der Waals surface area (Å²) in [7, 11) is 0. The van der Waals surface area contributed by atoms with Crippen LogP contribution < -0.4 is 20.1 Å². The minimum atomic E-state index is -2.40. The summed E-state index contributed by atoms with van der Waals surface area (Å²) in [5, 5.41) is 12.9. The molecule has 3 rings (SSSR count). The van der Waals surface area contributed by atoms with E-state index in [-0.39, 0.29) is 22.1 Å². The molecule has 8 nitrogen and oxygen atoms in total. The second kappa shape index (κ2) is 16.1. The number of aromatic carboxylic acids is 1. The first-order valence-electron chi connectivity index (χ1n) is 17.0. The molecule has 0 spiro atoms. The lowest BCUT2D eigenvalue weighted by Crippen LogP contribution is -2.54. The van der Waals surface area contributed by atoms with Crippen molar-refractivity contribution in [1.29, 1.82) is 0 Å². The molecule has 0 aliphatic rings. The van der Waals surface area contributed by atoms with E-state index in [2.05, 4.69) is 70.4 Å². The van der Waals surface area contributed by atoms with Gasteiger partial charge >= 0.3 is 11.0 Å². The lowest BCUT2D eigenvalue weighted by molar-refractivity contribution is -0.144. The molecular formula is C40H53ClN2O6. The number of unbranched alkanes of at least 4 members (excludes halogenated alkanes) is 1. The van der Waals surface area contributed by atoms with Crippen LogP contribution in [0.5, 0.6) is 11.5 Å². The van der Waals surface area contributed by atoms with Gasteiger partial charge in [-0.05, 0) is 90.6 Å². The Hall–Kier alpha value is -4.04. The molecule has 0 aromatic heterocycles. The third kappa shape index (κ3) is 10.2. The van der Waals surface area contributed by atoms with Gasteiger partial charge in [-0.1, -0.05) is 92.1 Å². The first kappa shape index (κ1) is 39.4. The fourth-order valence-electron chi connectivity index (χ4n) is 5.07. The summed E-state index contributed by atoms with van der Waals surface area (Å²) in [6.45, 7) is 19.7. The zero-order valence-corrected chi connectivity index (χ0v) is 31.2. The van der Waals surface area contributed by atoms with Gasteiger partial charge < -0.3 is 25.2 Å². The number of amides is 1. The fourth-order valence-corrected chi connectivity index (χ4v) is 5.49. The number of carbonyl (C=O) groups is 3. The van der Waals surface area contributed by atoms with Crippen LogP contribution in [0.1, 0.15) is 109 Å². The molecule has 1 unspecified atom stereocenters. The highest BCUT2D eigenvalue weighted by atomic mass is 35.5. The van der Waals surface area contributed by atoms with Crippen LogP contribution in [0.15, 0.2) is 66.7 Å². The average Bonchev–Trinajstić information content (AvgIpc) is 3.05. The second-order valence-electron chi connectivity index (χ2n) is 14.8. The predicted octanol–water partition coefficient (Wildman–Crippen LogP) is 9.60. The smallest absolute Gasteiger partial charge is 0.335 e. The maximum atomic E-state index is 13.5. The van der Waals surface area contributed by atoms with E-state index in [1.807, 2.05) is 6.07 Å². The molecule has 0 aliphatic carbocycles. The number of hydrogen-bond acceptors (Lipinski definition) is 6. The van der Waals surface area contributed by atoms with Gasteiger partial charge in [0.1, 0.15) is 11.5 Å². The number of anilines is 2. The van der Waals surface area contributed by atoms with Crippen molar-refractivity contribution in [1.82, 2.24) is 0 Å². The van der Waals surface area contributed by atoms with Crippen molar-refractivity contribution in [2.24, 2.45) is 5.41 Å². The minimum Gasteiger partial charge on any atom is -0.493 e. The van der Waals surface area contributed by atoms with Gasteiger partial charge in [0.05, 0.1) is 12.2 Å². The number of nitrogens with one attached hydrogen (secondary N) is 2. The number of halogens is 1. The fraction of sp³-hybridized carbons (Fsp3) is 0.475. The van der Waals surface area contributed by atoms with Crippen molar-refractivity contribution in [3.8, 4) is 11.5 Å². The van der Waals surface area contributed by atoms with E-state index in [4.69, 9.17) is 21.1 Å². The lowest BCUT2D eigenvalue weighted by atomic mass is 9.76. The van der Waals surface area contributed by atoms with Crippen LogP contribution in [0.4, 0.5) is 11.4 Å². The van der Waals surface area contributed by atoms with Crippen LogP contribution in [0.3, 0.4) is 0 Å².